The molecule has 0 bridgehead atoms. The van der Waals surface area contributed by atoms with Gasteiger partial charge in [-0.1, -0.05) is 0 Å². The van der Waals surface area contributed by atoms with Crippen LogP contribution in [0.2, 0.25) is 0 Å². The third-order valence-electron chi connectivity index (χ3n) is 2.19. The molecule has 6 N–H and O–H groups in total. The van der Waals surface area contributed by atoms with Crippen molar-refractivity contribution in [2.75, 3.05) is 0 Å². The van der Waals surface area contributed by atoms with E-state index in [9.17, 15) is 0 Å². The van der Waals surface area contributed by atoms with Gasteiger partial charge in [0.25, 0.3) is 0 Å². The second-order valence-electron chi connectivity index (χ2n) is 3.17. The molecule has 3 aliphatic rings. The average molecular weight is 220 g/mol. The van der Waals surface area contributed by atoms with Crippen molar-refractivity contribution in [1.82, 2.24) is 9.91 Å². The summed E-state index contributed by atoms with van der Waals surface area (Å²) in [6.07, 6.45) is 0.773. The summed E-state index contributed by atoms with van der Waals surface area (Å²) in [4.78, 5) is 21.4. The predicted octanol–water partition coefficient (Wildman–Crippen LogP) is -2.84. The lowest BCUT2D eigenvalue weighted by Gasteiger charge is -2.39. The number of nitrogens with two attached hydrogens (primary N) is 3. The lowest BCUT2D eigenvalue weighted by atomic mass is 10.5. The Labute approximate surface area is 89.5 Å². The van der Waals surface area contributed by atoms with Gasteiger partial charge in [-0.15, -0.1) is 0 Å². The molecule has 0 aromatic heterocycles. The van der Waals surface area contributed by atoms with E-state index in [0.717, 1.165) is 0 Å². The molecule has 3 rings (SSSR count). The SMILES string of the molecule is NC1=NC2=NC=NC3N(N)C(N)=NC(=N1)N23. The molecule has 0 radical (unpaired) electrons. The zero-order valence-corrected chi connectivity index (χ0v) is 8.02. The molecule has 0 aromatic rings. The van der Waals surface area contributed by atoms with Crippen LogP contribution in [0.1, 0.15) is 0 Å². The number of nitrogens with zero attached hydrogens (tertiary/aromatic N) is 7. The fourth-order valence-corrected chi connectivity index (χ4v) is 1.49. The molecule has 3 heterocycles. The largest absolute Gasteiger partial charge is 0.368 e. The Bertz CT molecular complexity index is 495. The number of hydrazine groups is 1. The molecule has 10 nitrogen and oxygen atoms in total. The van der Waals surface area contributed by atoms with E-state index in [1.807, 2.05) is 0 Å². The molecule has 1 unspecified atom stereocenters. The fraction of sp³-hybridized carbons (Fsp3) is 0.167. The Morgan fingerprint density at radius 2 is 1.94 bits per heavy atom. The first kappa shape index (κ1) is 8.79. The minimum Gasteiger partial charge on any atom is -0.368 e. The molecule has 0 amide bonds. The van der Waals surface area contributed by atoms with Crippen molar-refractivity contribution in [2.45, 2.75) is 6.29 Å². The first-order valence-corrected chi connectivity index (χ1v) is 4.36. The van der Waals surface area contributed by atoms with Crippen molar-refractivity contribution in [1.29, 1.82) is 0 Å². The molecule has 0 fully saturated rings. The summed E-state index contributed by atoms with van der Waals surface area (Å²) in [5, 5.41) is 1.20. The van der Waals surface area contributed by atoms with Gasteiger partial charge in [0, 0.05) is 0 Å². The summed E-state index contributed by atoms with van der Waals surface area (Å²) in [7, 11) is 0. The fourth-order valence-electron chi connectivity index (χ4n) is 1.49. The molecule has 0 aromatic carbocycles. The molecule has 3 aliphatic heterocycles. The Morgan fingerprint density at radius 1 is 1.12 bits per heavy atom. The number of hydrogen-bond donors (Lipinski definition) is 3. The van der Waals surface area contributed by atoms with Crippen LogP contribution in [0.3, 0.4) is 0 Å². The number of aliphatic imine (C=N–C) groups is 5. The van der Waals surface area contributed by atoms with Gasteiger partial charge in [-0.3, -0.25) is 0 Å². The highest BCUT2D eigenvalue weighted by Crippen LogP contribution is 2.18. The molecule has 0 spiro atoms. The standard InChI is InChI=1S/C6H8N10/c7-2-12-4-10-1-11-6-15(4)5(13-2)14-3(8)16(6)9/h1,6H,9H2,(H4,7,8,10,11,12,13,14). The number of hydrogen-bond acceptors (Lipinski definition) is 10. The van der Waals surface area contributed by atoms with Crippen LogP contribution in [0, 0.1) is 0 Å². The maximum Gasteiger partial charge on any atom is 0.242 e. The van der Waals surface area contributed by atoms with Gasteiger partial charge in [0.05, 0.1) is 0 Å². The van der Waals surface area contributed by atoms with Gasteiger partial charge in [-0.05, 0) is 0 Å². The Hall–Kier alpha value is -2.49. The predicted molar refractivity (Wildman–Crippen MR) is 58.3 cm³/mol. The van der Waals surface area contributed by atoms with E-state index in [0.29, 0.717) is 5.96 Å². The minimum absolute atomic E-state index is 0.0704. The van der Waals surface area contributed by atoms with E-state index < -0.39 is 6.29 Å². The van der Waals surface area contributed by atoms with E-state index in [2.05, 4.69) is 25.0 Å². The summed E-state index contributed by atoms with van der Waals surface area (Å²) in [5.74, 6) is 6.50. The van der Waals surface area contributed by atoms with Crippen molar-refractivity contribution in [2.24, 2.45) is 42.3 Å². The van der Waals surface area contributed by atoms with Gasteiger partial charge < -0.3 is 11.5 Å². The number of guanidine groups is 4. The quantitative estimate of drug-likeness (QED) is 0.376. The monoisotopic (exact) mass is 220 g/mol. The van der Waals surface area contributed by atoms with Gasteiger partial charge in [-0.2, -0.15) is 15.0 Å². The maximum absolute atomic E-state index is 5.70. The highest BCUT2D eigenvalue weighted by atomic mass is 15.7. The van der Waals surface area contributed by atoms with Crippen LogP contribution < -0.4 is 17.3 Å². The Kier molecular flexibility index (Phi) is 1.52. The normalized spacial score (nSPS) is 26.7. The smallest absolute Gasteiger partial charge is 0.242 e. The molecule has 0 aliphatic carbocycles. The molecular weight excluding hydrogens is 212 g/mol. The van der Waals surface area contributed by atoms with Gasteiger partial charge in [0.15, 0.2) is 0 Å². The molecule has 0 saturated carbocycles. The van der Waals surface area contributed by atoms with E-state index in [1.165, 1.54) is 16.2 Å². The molecular formula is C6H8N10. The van der Waals surface area contributed by atoms with Gasteiger partial charge in [-0.25, -0.2) is 25.7 Å². The molecule has 1 atom stereocenters. The van der Waals surface area contributed by atoms with Crippen molar-refractivity contribution in [3.05, 3.63) is 0 Å². The van der Waals surface area contributed by atoms with Gasteiger partial charge >= 0.3 is 0 Å². The van der Waals surface area contributed by atoms with Crippen molar-refractivity contribution in [3.8, 4) is 0 Å². The lowest BCUT2D eigenvalue weighted by molar-refractivity contribution is 0.210. The first-order valence-electron chi connectivity index (χ1n) is 4.36. The third kappa shape index (κ3) is 1.01. The van der Waals surface area contributed by atoms with Crippen molar-refractivity contribution < 1.29 is 0 Å². The summed E-state index contributed by atoms with van der Waals surface area (Å²) in [6, 6.07) is 0. The number of rotatable bonds is 0. The van der Waals surface area contributed by atoms with Crippen LogP contribution in [0.25, 0.3) is 0 Å². The van der Waals surface area contributed by atoms with Crippen molar-refractivity contribution >= 4 is 30.2 Å². The second kappa shape index (κ2) is 2.76. The topological polar surface area (TPSA) is 146 Å². The highest BCUT2D eigenvalue weighted by molar-refractivity contribution is 6.16. The van der Waals surface area contributed by atoms with E-state index in [4.69, 9.17) is 17.3 Å². The molecule has 16 heavy (non-hydrogen) atoms. The van der Waals surface area contributed by atoms with Crippen LogP contribution in [-0.2, 0) is 0 Å². The van der Waals surface area contributed by atoms with E-state index in [1.54, 1.807) is 0 Å². The van der Waals surface area contributed by atoms with Crippen LogP contribution in [0.4, 0.5) is 0 Å². The lowest BCUT2D eigenvalue weighted by Crippen LogP contribution is -2.64. The Morgan fingerprint density at radius 3 is 2.75 bits per heavy atom. The zero-order chi connectivity index (χ0) is 11.3. The van der Waals surface area contributed by atoms with Crippen molar-refractivity contribution in [3.63, 3.8) is 0 Å². The summed E-state index contributed by atoms with van der Waals surface area (Å²) < 4.78 is 0. The molecule has 82 valence electrons. The Balaban J connectivity index is 2.18. The van der Waals surface area contributed by atoms with Gasteiger partial charge in [0.1, 0.15) is 6.34 Å². The second-order valence-corrected chi connectivity index (χ2v) is 3.17. The average Bonchev–Trinajstić information content (AvgIpc) is 2.25. The maximum atomic E-state index is 5.70. The summed E-state index contributed by atoms with van der Waals surface area (Å²) in [6.45, 7) is 0. The van der Waals surface area contributed by atoms with E-state index >= 15 is 0 Å². The molecule has 10 heteroatoms. The summed E-state index contributed by atoms with van der Waals surface area (Å²) in [5.41, 5.74) is 11.1. The highest BCUT2D eigenvalue weighted by Gasteiger charge is 2.38. The third-order valence-corrected chi connectivity index (χ3v) is 2.19. The van der Waals surface area contributed by atoms with Gasteiger partial charge in [0.2, 0.25) is 30.1 Å². The minimum atomic E-state index is -0.569. The summed E-state index contributed by atoms with van der Waals surface area (Å²) >= 11 is 0. The van der Waals surface area contributed by atoms with Crippen LogP contribution in [0.15, 0.2) is 25.0 Å². The van der Waals surface area contributed by atoms with E-state index in [-0.39, 0.29) is 17.9 Å². The molecule has 0 saturated heterocycles. The van der Waals surface area contributed by atoms with Crippen LogP contribution in [0.5, 0.6) is 0 Å². The van der Waals surface area contributed by atoms with Crippen LogP contribution in [-0.4, -0.2) is 46.4 Å². The van der Waals surface area contributed by atoms with Crippen LogP contribution >= 0.6 is 0 Å². The zero-order valence-electron chi connectivity index (χ0n) is 8.02. The first-order chi connectivity index (χ1) is 7.66.